The van der Waals surface area contributed by atoms with Crippen LogP contribution in [-0.4, -0.2) is 41.5 Å². The summed E-state index contributed by atoms with van der Waals surface area (Å²) in [6, 6.07) is 11.2. The Kier molecular flexibility index (Phi) is 7.40. The summed E-state index contributed by atoms with van der Waals surface area (Å²) in [5.74, 6) is 1.63. The van der Waals surface area contributed by atoms with Gasteiger partial charge in [-0.3, -0.25) is 13.9 Å². The number of pyridine rings is 1. The van der Waals surface area contributed by atoms with E-state index in [1.807, 2.05) is 42.7 Å². The van der Waals surface area contributed by atoms with E-state index >= 15 is 0 Å². The second-order valence-electron chi connectivity index (χ2n) is 9.87. The smallest absolute Gasteiger partial charge is 0.332 e. The van der Waals surface area contributed by atoms with Crippen LogP contribution in [-0.2, 0) is 19.6 Å². The average Bonchev–Trinajstić information content (AvgIpc) is 3.26. The largest absolute Gasteiger partial charge is 0.474 e. The molecule has 0 aliphatic heterocycles. The molecule has 1 aliphatic carbocycles. The zero-order valence-electron chi connectivity index (χ0n) is 21.9. The highest BCUT2D eigenvalue weighted by atomic mass is 35.5. The van der Waals surface area contributed by atoms with E-state index in [2.05, 4.69) is 6.92 Å². The molecule has 2 atom stereocenters. The number of fused-ring (bicyclic) bond motifs is 1. The number of imidazole rings is 1. The quantitative estimate of drug-likeness (QED) is 0.346. The van der Waals surface area contributed by atoms with E-state index in [1.165, 1.54) is 9.13 Å². The SMILES string of the molecule is CCn1c(=O)n(CCCO)c(=O)c2c1nc(-c1ccc(OC3CCC3C)nc1C)n2Cc1ccc(Cl)cc1. The zero-order chi connectivity index (χ0) is 27.0. The summed E-state index contributed by atoms with van der Waals surface area (Å²) in [6.45, 7) is 6.61. The molecule has 1 aliphatic rings. The maximum Gasteiger partial charge on any atom is 0.332 e. The van der Waals surface area contributed by atoms with E-state index in [4.69, 9.17) is 26.3 Å². The molecule has 10 heteroatoms. The molecular formula is C28H32ClN5O4. The number of aromatic nitrogens is 5. The van der Waals surface area contributed by atoms with E-state index in [1.54, 1.807) is 12.1 Å². The van der Waals surface area contributed by atoms with E-state index < -0.39 is 11.2 Å². The standard InChI is InChI=1S/C28H32ClN5O4/c1-4-32-26-24(27(36)33(28(32)37)14-5-15-35)34(16-19-7-9-20(29)10-8-19)25(31-26)21-11-13-23(30-18(21)3)38-22-12-6-17(22)2/h7-11,13,17,22,35H,4-6,12,14-16H2,1-3H3. The Morgan fingerprint density at radius 1 is 1.05 bits per heavy atom. The van der Waals surface area contributed by atoms with E-state index in [9.17, 15) is 14.7 Å². The zero-order valence-corrected chi connectivity index (χ0v) is 22.6. The molecule has 3 heterocycles. The molecule has 1 fully saturated rings. The van der Waals surface area contributed by atoms with Crippen molar-refractivity contribution in [1.29, 1.82) is 0 Å². The van der Waals surface area contributed by atoms with E-state index in [0.29, 0.717) is 59.0 Å². The van der Waals surface area contributed by atoms with Crippen LogP contribution in [0.4, 0.5) is 0 Å². The Labute approximate surface area is 225 Å². The molecule has 0 amide bonds. The van der Waals surface area contributed by atoms with Crippen LogP contribution in [0.5, 0.6) is 5.88 Å². The van der Waals surface area contributed by atoms with Crippen molar-refractivity contribution < 1.29 is 9.84 Å². The third-order valence-electron chi connectivity index (χ3n) is 7.34. The summed E-state index contributed by atoms with van der Waals surface area (Å²) in [5, 5.41) is 9.96. The molecule has 2 unspecified atom stereocenters. The molecule has 9 nitrogen and oxygen atoms in total. The molecule has 200 valence electrons. The highest BCUT2D eigenvalue weighted by Crippen LogP contribution is 2.32. The number of aliphatic hydroxyl groups excluding tert-OH is 1. The number of rotatable bonds is 9. The van der Waals surface area contributed by atoms with Gasteiger partial charge in [-0.05, 0) is 62.8 Å². The number of nitrogens with zero attached hydrogens (tertiary/aromatic N) is 5. The number of hydrogen-bond donors (Lipinski definition) is 1. The Bertz CT molecular complexity index is 1590. The molecule has 38 heavy (non-hydrogen) atoms. The van der Waals surface area contributed by atoms with E-state index in [-0.39, 0.29) is 19.3 Å². The molecule has 0 radical (unpaired) electrons. The summed E-state index contributed by atoms with van der Waals surface area (Å²) >= 11 is 6.11. The first kappa shape index (κ1) is 26.2. The topological polar surface area (TPSA) is 104 Å². The second kappa shape index (κ2) is 10.7. The van der Waals surface area contributed by atoms with Crippen molar-refractivity contribution in [2.45, 2.75) is 65.8 Å². The van der Waals surface area contributed by atoms with Crippen LogP contribution < -0.4 is 16.0 Å². The van der Waals surface area contributed by atoms with Gasteiger partial charge >= 0.3 is 5.69 Å². The lowest BCUT2D eigenvalue weighted by molar-refractivity contribution is 0.0534. The van der Waals surface area contributed by atoms with Gasteiger partial charge in [0.2, 0.25) is 5.88 Å². The number of hydrogen-bond acceptors (Lipinski definition) is 6. The maximum absolute atomic E-state index is 13.7. The third kappa shape index (κ3) is 4.76. The lowest BCUT2D eigenvalue weighted by atomic mass is 9.84. The number of benzene rings is 1. The number of halogens is 1. The number of ether oxygens (including phenoxy) is 1. The predicted octanol–water partition coefficient (Wildman–Crippen LogP) is 4.01. The summed E-state index contributed by atoms with van der Waals surface area (Å²) in [5.41, 5.74) is 2.19. The monoisotopic (exact) mass is 537 g/mol. The van der Waals surface area contributed by atoms with Crippen molar-refractivity contribution in [3.8, 4) is 17.3 Å². The van der Waals surface area contributed by atoms with Gasteiger partial charge in [-0.15, -0.1) is 0 Å². The molecule has 0 spiro atoms. The lowest BCUT2D eigenvalue weighted by Crippen LogP contribution is -2.40. The van der Waals surface area contributed by atoms with Crippen molar-refractivity contribution in [2.24, 2.45) is 5.92 Å². The third-order valence-corrected chi connectivity index (χ3v) is 7.59. The fraction of sp³-hybridized carbons (Fsp3) is 0.429. The summed E-state index contributed by atoms with van der Waals surface area (Å²) in [4.78, 5) is 36.5. The van der Waals surface area contributed by atoms with Crippen LogP contribution in [0, 0.1) is 12.8 Å². The van der Waals surface area contributed by atoms with E-state index in [0.717, 1.165) is 24.0 Å². The van der Waals surface area contributed by atoms with Gasteiger partial charge < -0.3 is 14.4 Å². The molecular weight excluding hydrogens is 506 g/mol. The molecule has 1 N–H and O–H groups in total. The van der Waals surface area contributed by atoms with Crippen LogP contribution in [0.25, 0.3) is 22.6 Å². The van der Waals surface area contributed by atoms with Gasteiger partial charge in [-0.25, -0.2) is 14.8 Å². The molecule has 0 bridgehead atoms. The lowest BCUT2D eigenvalue weighted by Gasteiger charge is -2.33. The minimum atomic E-state index is -0.436. The van der Waals surface area contributed by atoms with Crippen molar-refractivity contribution in [1.82, 2.24) is 23.7 Å². The normalized spacial score (nSPS) is 17.1. The van der Waals surface area contributed by atoms with Crippen molar-refractivity contribution in [3.63, 3.8) is 0 Å². The highest BCUT2D eigenvalue weighted by molar-refractivity contribution is 6.30. The fourth-order valence-electron chi connectivity index (χ4n) is 4.94. The van der Waals surface area contributed by atoms with Gasteiger partial charge in [0.25, 0.3) is 5.56 Å². The van der Waals surface area contributed by atoms with Crippen molar-refractivity contribution in [3.05, 3.63) is 73.5 Å². The van der Waals surface area contributed by atoms with Gasteiger partial charge in [-0.2, -0.15) is 0 Å². The molecule has 0 saturated heterocycles. The van der Waals surface area contributed by atoms with Gasteiger partial charge in [-0.1, -0.05) is 30.7 Å². The first-order valence-corrected chi connectivity index (χ1v) is 13.4. The van der Waals surface area contributed by atoms with Crippen LogP contribution in [0.2, 0.25) is 5.02 Å². The number of aryl methyl sites for hydroxylation is 2. The summed E-state index contributed by atoms with van der Waals surface area (Å²) in [7, 11) is 0. The predicted molar refractivity (Wildman–Crippen MR) is 147 cm³/mol. The van der Waals surface area contributed by atoms with Crippen LogP contribution in [0.3, 0.4) is 0 Å². The highest BCUT2D eigenvalue weighted by Gasteiger charge is 2.29. The molecule has 1 aromatic carbocycles. The maximum atomic E-state index is 13.7. The minimum absolute atomic E-state index is 0.121. The van der Waals surface area contributed by atoms with Crippen LogP contribution in [0.1, 0.15) is 44.4 Å². The van der Waals surface area contributed by atoms with Gasteiger partial charge in [0.15, 0.2) is 11.2 Å². The first-order valence-electron chi connectivity index (χ1n) is 13.1. The number of aliphatic hydroxyl groups is 1. The van der Waals surface area contributed by atoms with Crippen LogP contribution in [0.15, 0.2) is 46.0 Å². The summed E-state index contributed by atoms with van der Waals surface area (Å²) in [6.07, 6.45) is 2.66. The van der Waals surface area contributed by atoms with Gasteiger partial charge in [0.05, 0.1) is 5.69 Å². The van der Waals surface area contributed by atoms with Crippen molar-refractivity contribution in [2.75, 3.05) is 6.61 Å². The first-order chi connectivity index (χ1) is 18.3. The van der Waals surface area contributed by atoms with Crippen molar-refractivity contribution >= 4 is 22.8 Å². The van der Waals surface area contributed by atoms with Gasteiger partial charge in [0, 0.05) is 42.9 Å². The summed E-state index contributed by atoms with van der Waals surface area (Å²) < 4.78 is 10.6. The Morgan fingerprint density at radius 2 is 1.82 bits per heavy atom. The average molecular weight is 538 g/mol. The second-order valence-corrected chi connectivity index (χ2v) is 10.3. The Hall–Kier alpha value is -3.43. The molecule has 3 aromatic heterocycles. The Balaban J connectivity index is 1.70. The van der Waals surface area contributed by atoms with Gasteiger partial charge in [0.1, 0.15) is 11.9 Å². The molecule has 1 saturated carbocycles. The Morgan fingerprint density at radius 3 is 2.42 bits per heavy atom. The van der Waals surface area contributed by atoms with Crippen LogP contribution >= 0.6 is 11.6 Å². The minimum Gasteiger partial charge on any atom is -0.474 e. The fourth-order valence-corrected chi connectivity index (χ4v) is 5.07. The molecule has 4 aromatic rings. The molecule has 5 rings (SSSR count).